The molecule has 0 bridgehead atoms. The fraction of sp³-hybridized carbons (Fsp3) is 0.364. The number of aliphatic hydroxyl groups excluding tert-OH is 1. The summed E-state index contributed by atoms with van der Waals surface area (Å²) >= 11 is 0. The van der Waals surface area contributed by atoms with E-state index in [2.05, 4.69) is 0 Å². The molecule has 0 aromatic heterocycles. The largest absolute Gasteiger partial charge is 0.497 e. The van der Waals surface area contributed by atoms with Crippen molar-refractivity contribution in [1.82, 2.24) is 0 Å². The number of carboxylic acid groups (broad SMARTS) is 1. The molecule has 0 fully saturated rings. The van der Waals surface area contributed by atoms with E-state index in [9.17, 15) is 4.79 Å². The van der Waals surface area contributed by atoms with Gasteiger partial charge in [0.15, 0.2) is 0 Å². The van der Waals surface area contributed by atoms with Crippen LogP contribution in [0, 0.1) is 0 Å². The fourth-order valence-electron chi connectivity index (χ4n) is 1.25. The van der Waals surface area contributed by atoms with E-state index >= 15 is 0 Å². The molecule has 4 nitrogen and oxygen atoms in total. The normalized spacial score (nSPS) is 14.3. The molecule has 1 aromatic carbocycles. The van der Waals surface area contributed by atoms with Crippen LogP contribution >= 0.6 is 0 Å². The monoisotopic (exact) mass is 210 g/mol. The number of aliphatic hydroxyl groups is 1. The molecular weight excluding hydrogens is 196 g/mol. The molecule has 1 atom stereocenters. The molecule has 0 spiro atoms. The fourth-order valence-corrected chi connectivity index (χ4v) is 1.25. The van der Waals surface area contributed by atoms with Crippen molar-refractivity contribution < 1.29 is 19.7 Å². The first kappa shape index (κ1) is 11.5. The molecule has 0 aliphatic heterocycles. The highest BCUT2D eigenvalue weighted by molar-refractivity contribution is 5.81. The number of aliphatic carboxylic acids is 1. The Kier molecular flexibility index (Phi) is 3.31. The SMILES string of the molecule is COc1cccc(C(C)(CO)C(=O)O)c1. The van der Waals surface area contributed by atoms with Crippen molar-refractivity contribution in [3.63, 3.8) is 0 Å². The maximum atomic E-state index is 11.1. The van der Waals surface area contributed by atoms with E-state index in [4.69, 9.17) is 14.9 Å². The van der Waals surface area contributed by atoms with Gasteiger partial charge in [0.1, 0.15) is 11.2 Å². The molecule has 2 N–H and O–H groups in total. The van der Waals surface area contributed by atoms with Gasteiger partial charge in [-0.3, -0.25) is 4.79 Å². The number of carboxylic acids is 1. The average Bonchev–Trinajstić information content (AvgIpc) is 2.27. The number of hydrogen-bond donors (Lipinski definition) is 2. The lowest BCUT2D eigenvalue weighted by molar-refractivity contribution is -0.144. The molecular formula is C11H14O4. The highest BCUT2D eigenvalue weighted by Crippen LogP contribution is 2.26. The molecule has 0 aliphatic carbocycles. The maximum absolute atomic E-state index is 11.1. The summed E-state index contributed by atoms with van der Waals surface area (Å²) in [5, 5.41) is 18.2. The number of hydrogen-bond acceptors (Lipinski definition) is 3. The van der Waals surface area contributed by atoms with E-state index in [0.717, 1.165) is 0 Å². The van der Waals surface area contributed by atoms with Crippen LogP contribution in [0.5, 0.6) is 5.75 Å². The molecule has 1 aromatic rings. The molecule has 15 heavy (non-hydrogen) atoms. The third-order valence-corrected chi connectivity index (χ3v) is 2.50. The van der Waals surface area contributed by atoms with Gasteiger partial charge in [0.05, 0.1) is 13.7 Å². The van der Waals surface area contributed by atoms with Gasteiger partial charge in [-0.1, -0.05) is 12.1 Å². The zero-order valence-electron chi connectivity index (χ0n) is 8.73. The van der Waals surface area contributed by atoms with Crippen molar-refractivity contribution in [2.45, 2.75) is 12.3 Å². The van der Waals surface area contributed by atoms with E-state index in [1.165, 1.54) is 14.0 Å². The van der Waals surface area contributed by atoms with Crippen LogP contribution in [-0.4, -0.2) is 29.9 Å². The zero-order chi connectivity index (χ0) is 11.5. The van der Waals surface area contributed by atoms with Crippen LogP contribution in [0.15, 0.2) is 24.3 Å². The van der Waals surface area contributed by atoms with Crippen molar-refractivity contribution >= 4 is 5.97 Å². The Morgan fingerprint density at radius 3 is 2.67 bits per heavy atom. The van der Waals surface area contributed by atoms with Gasteiger partial charge in [-0.25, -0.2) is 0 Å². The lowest BCUT2D eigenvalue weighted by atomic mass is 9.83. The average molecular weight is 210 g/mol. The molecule has 0 radical (unpaired) electrons. The van der Waals surface area contributed by atoms with Gasteiger partial charge >= 0.3 is 5.97 Å². The standard InChI is InChI=1S/C11H14O4/c1-11(7-12,10(13)14)8-4-3-5-9(6-8)15-2/h3-6,12H,7H2,1-2H3,(H,13,14). The lowest BCUT2D eigenvalue weighted by Gasteiger charge is -2.22. The molecule has 0 aliphatic rings. The third-order valence-electron chi connectivity index (χ3n) is 2.50. The molecule has 1 rings (SSSR count). The summed E-state index contributed by atoms with van der Waals surface area (Å²) in [6.07, 6.45) is 0. The number of ether oxygens (including phenoxy) is 1. The summed E-state index contributed by atoms with van der Waals surface area (Å²) in [5.41, 5.74) is -0.758. The maximum Gasteiger partial charge on any atom is 0.316 e. The van der Waals surface area contributed by atoms with Gasteiger partial charge in [0, 0.05) is 0 Å². The summed E-state index contributed by atoms with van der Waals surface area (Å²) in [5.74, 6) is -0.480. The second-order valence-electron chi connectivity index (χ2n) is 3.53. The van der Waals surface area contributed by atoms with Crippen LogP contribution in [0.25, 0.3) is 0 Å². The van der Waals surface area contributed by atoms with Crippen molar-refractivity contribution in [3.05, 3.63) is 29.8 Å². The Balaban J connectivity index is 3.18. The molecule has 0 saturated carbocycles. The predicted molar refractivity (Wildman–Crippen MR) is 55.1 cm³/mol. The lowest BCUT2D eigenvalue weighted by Crippen LogP contribution is -2.36. The van der Waals surface area contributed by atoms with Gasteiger partial charge in [-0.15, -0.1) is 0 Å². The predicted octanol–water partition coefficient (Wildman–Crippen LogP) is 1.03. The quantitative estimate of drug-likeness (QED) is 0.779. The van der Waals surface area contributed by atoms with Crippen molar-refractivity contribution in [1.29, 1.82) is 0 Å². The summed E-state index contributed by atoms with van der Waals surface area (Å²) in [6.45, 7) is 1.03. The second kappa shape index (κ2) is 4.31. The topological polar surface area (TPSA) is 66.8 Å². The minimum atomic E-state index is -1.28. The first-order valence-electron chi connectivity index (χ1n) is 4.53. The molecule has 0 saturated heterocycles. The Labute approximate surface area is 88.1 Å². The number of rotatable bonds is 4. The van der Waals surface area contributed by atoms with E-state index in [-0.39, 0.29) is 0 Å². The molecule has 4 heteroatoms. The second-order valence-corrected chi connectivity index (χ2v) is 3.53. The third kappa shape index (κ3) is 2.10. The molecule has 0 heterocycles. The van der Waals surface area contributed by atoms with Crippen molar-refractivity contribution in [3.8, 4) is 5.75 Å². The number of carbonyl (C=O) groups is 1. The van der Waals surface area contributed by atoms with Crippen molar-refractivity contribution in [2.75, 3.05) is 13.7 Å². The molecule has 1 unspecified atom stereocenters. The van der Waals surface area contributed by atoms with Gasteiger partial charge in [0.25, 0.3) is 0 Å². The minimum absolute atomic E-state index is 0.449. The Hall–Kier alpha value is -1.55. The summed E-state index contributed by atoms with van der Waals surface area (Å²) in [7, 11) is 1.51. The molecule has 0 amide bonds. The van der Waals surface area contributed by atoms with Crippen LogP contribution in [0.3, 0.4) is 0 Å². The van der Waals surface area contributed by atoms with Crippen LogP contribution in [0.4, 0.5) is 0 Å². The van der Waals surface area contributed by atoms with Crippen LogP contribution in [0.2, 0.25) is 0 Å². The molecule has 82 valence electrons. The van der Waals surface area contributed by atoms with Crippen LogP contribution in [0.1, 0.15) is 12.5 Å². The van der Waals surface area contributed by atoms with Crippen LogP contribution < -0.4 is 4.74 Å². The smallest absolute Gasteiger partial charge is 0.316 e. The van der Waals surface area contributed by atoms with Gasteiger partial charge in [-0.05, 0) is 24.6 Å². The first-order valence-corrected chi connectivity index (χ1v) is 4.53. The Morgan fingerprint density at radius 2 is 2.20 bits per heavy atom. The van der Waals surface area contributed by atoms with Crippen LogP contribution in [-0.2, 0) is 10.2 Å². The van der Waals surface area contributed by atoms with Gasteiger partial charge in [-0.2, -0.15) is 0 Å². The van der Waals surface area contributed by atoms with E-state index in [1.807, 2.05) is 0 Å². The summed E-state index contributed by atoms with van der Waals surface area (Å²) in [6, 6.07) is 6.70. The Bertz CT molecular complexity index is 361. The van der Waals surface area contributed by atoms with Crippen molar-refractivity contribution in [2.24, 2.45) is 0 Å². The van der Waals surface area contributed by atoms with Gasteiger partial charge in [0.2, 0.25) is 0 Å². The van der Waals surface area contributed by atoms with Gasteiger partial charge < -0.3 is 14.9 Å². The highest BCUT2D eigenvalue weighted by Gasteiger charge is 2.34. The Morgan fingerprint density at radius 1 is 1.53 bits per heavy atom. The first-order chi connectivity index (χ1) is 7.04. The highest BCUT2D eigenvalue weighted by atomic mass is 16.5. The van der Waals surface area contributed by atoms with E-state index in [1.54, 1.807) is 24.3 Å². The van der Waals surface area contributed by atoms with E-state index < -0.39 is 18.0 Å². The minimum Gasteiger partial charge on any atom is -0.497 e. The number of benzene rings is 1. The zero-order valence-corrected chi connectivity index (χ0v) is 8.73. The summed E-state index contributed by atoms with van der Waals surface area (Å²) < 4.78 is 5.00. The van der Waals surface area contributed by atoms with E-state index in [0.29, 0.717) is 11.3 Å². The summed E-state index contributed by atoms with van der Waals surface area (Å²) in [4.78, 5) is 11.1. The number of methoxy groups -OCH3 is 1.